The van der Waals surface area contributed by atoms with E-state index in [4.69, 9.17) is 4.84 Å². The lowest BCUT2D eigenvalue weighted by atomic mass is 10.0. The fourth-order valence-electron chi connectivity index (χ4n) is 2.02. The zero-order chi connectivity index (χ0) is 16.2. The second-order valence-corrected chi connectivity index (χ2v) is 8.49. The average molecular weight is 322 g/mol. The Labute approximate surface area is 133 Å². The molecular formula is C16H22N2O3S. The summed E-state index contributed by atoms with van der Waals surface area (Å²) in [6.07, 6.45) is 0.253. The average Bonchev–Trinajstić information content (AvgIpc) is 2.97. The van der Waals surface area contributed by atoms with Gasteiger partial charge in [0.1, 0.15) is 5.71 Å². The molecular weight excluding hydrogens is 300 g/mol. The minimum Gasteiger partial charge on any atom is -0.387 e. The molecule has 5 nitrogen and oxygen atoms in total. The first kappa shape index (κ1) is 16.7. The summed E-state index contributed by atoms with van der Waals surface area (Å²) in [4.78, 5) is 17.4. The number of rotatable bonds is 5. The number of hydrogen-bond donors (Lipinski definition) is 1. The predicted octanol–water partition coefficient (Wildman–Crippen LogP) is 2.17. The highest BCUT2D eigenvalue weighted by Crippen LogP contribution is 2.26. The van der Waals surface area contributed by atoms with E-state index in [0.717, 1.165) is 5.56 Å². The van der Waals surface area contributed by atoms with Crippen molar-refractivity contribution >= 4 is 22.4 Å². The Bertz CT molecular complexity index is 579. The van der Waals surface area contributed by atoms with Gasteiger partial charge in [0.05, 0.1) is 0 Å². The molecule has 1 aliphatic rings. The largest absolute Gasteiger partial charge is 0.387 e. The van der Waals surface area contributed by atoms with Gasteiger partial charge in [0.2, 0.25) is 0 Å². The van der Waals surface area contributed by atoms with Crippen molar-refractivity contribution in [1.82, 2.24) is 5.32 Å². The van der Waals surface area contributed by atoms with Gasteiger partial charge in [-0.15, -0.1) is 0 Å². The molecule has 1 aromatic rings. The standard InChI is InChI=1S/C16H22N2O3S/c1-16(2,3)22(20)10-9-17-15(19)13-11-14(21-18-13)12-7-5-4-6-8-12/h4-8,14H,9-11H2,1-3H3,(H,17,19)/t14-,22+/m1/s1. The second-order valence-electron chi connectivity index (χ2n) is 6.16. The first-order valence-corrected chi connectivity index (χ1v) is 8.64. The summed E-state index contributed by atoms with van der Waals surface area (Å²) in [5, 5.41) is 6.63. The summed E-state index contributed by atoms with van der Waals surface area (Å²) in [7, 11) is -0.978. The van der Waals surface area contributed by atoms with Crippen molar-refractivity contribution in [3.05, 3.63) is 35.9 Å². The maximum Gasteiger partial charge on any atom is 0.269 e. The summed E-state index contributed by atoms with van der Waals surface area (Å²) >= 11 is 0. The van der Waals surface area contributed by atoms with Gasteiger partial charge in [-0.1, -0.05) is 35.5 Å². The molecule has 0 radical (unpaired) electrons. The van der Waals surface area contributed by atoms with Crippen LogP contribution in [0.3, 0.4) is 0 Å². The molecule has 6 heteroatoms. The highest BCUT2D eigenvalue weighted by atomic mass is 32.2. The zero-order valence-corrected chi connectivity index (χ0v) is 14.0. The van der Waals surface area contributed by atoms with E-state index in [1.165, 1.54) is 0 Å². The minimum absolute atomic E-state index is 0.203. The maximum absolute atomic E-state index is 12.0. The predicted molar refractivity (Wildman–Crippen MR) is 88.1 cm³/mol. The third kappa shape index (κ3) is 4.40. The van der Waals surface area contributed by atoms with Gasteiger partial charge in [0.25, 0.3) is 5.91 Å². The minimum atomic E-state index is -0.978. The fourth-order valence-corrected chi connectivity index (χ4v) is 2.92. The Balaban J connectivity index is 1.79. The van der Waals surface area contributed by atoms with Gasteiger partial charge in [-0.3, -0.25) is 9.00 Å². The smallest absolute Gasteiger partial charge is 0.269 e. The van der Waals surface area contributed by atoms with E-state index in [2.05, 4.69) is 10.5 Å². The topological polar surface area (TPSA) is 67.8 Å². The van der Waals surface area contributed by atoms with Gasteiger partial charge >= 0.3 is 0 Å². The van der Waals surface area contributed by atoms with Gasteiger partial charge in [-0.05, 0) is 26.3 Å². The van der Waals surface area contributed by atoms with Crippen LogP contribution in [0, 0.1) is 0 Å². The summed E-state index contributed by atoms with van der Waals surface area (Å²) in [5.74, 6) is 0.190. The molecule has 1 aliphatic heterocycles. The summed E-state index contributed by atoms with van der Waals surface area (Å²) in [6.45, 7) is 6.14. The molecule has 120 valence electrons. The van der Waals surface area contributed by atoms with Crippen molar-refractivity contribution in [3.8, 4) is 0 Å². The Morgan fingerprint density at radius 3 is 2.68 bits per heavy atom. The summed E-state index contributed by atoms with van der Waals surface area (Å²) in [5.41, 5.74) is 1.39. The lowest BCUT2D eigenvalue weighted by Crippen LogP contribution is -2.35. The third-order valence-corrected chi connectivity index (χ3v) is 5.30. The molecule has 0 fully saturated rings. The molecule has 0 aromatic heterocycles. The van der Waals surface area contributed by atoms with Crippen LogP contribution in [0.1, 0.15) is 38.9 Å². The van der Waals surface area contributed by atoms with E-state index in [1.54, 1.807) is 0 Å². The van der Waals surface area contributed by atoms with E-state index in [-0.39, 0.29) is 16.8 Å². The van der Waals surface area contributed by atoms with Crippen LogP contribution in [0.15, 0.2) is 35.5 Å². The molecule has 22 heavy (non-hydrogen) atoms. The fraction of sp³-hybridized carbons (Fsp3) is 0.500. The van der Waals surface area contributed by atoms with E-state index >= 15 is 0 Å². The second kappa shape index (κ2) is 7.05. The lowest BCUT2D eigenvalue weighted by Gasteiger charge is -2.17. The molecule has 0 aliphatic carbocycles. The van der Waals surface area contributed by atoms with E-state index < -0.39 is 10.8 Å². The first-order chi connectivity index (χ1) is 10.4. The Morgan fingerprint density at radius 2 is 2.05 bits per heavy atom. The van der Waals surface area contributed by atoms with Crippen molar-refractivity contribution in [1.29, 1.82) is 0 Å². The van der Waals surface area contributed by atoms with Gasteiger partial charge in [0, 0.05) is 34.3 Å². The molecule has 0 bridgehead atoms. The van der Waals surface area contributed by atoms with Crippen LogP contribution in [0.5, 0.6) is 0 Å². The number of hydrogen-bond acceptors (Lipinski definition) is 4. The number of nitrogens with one attached hydrogen (secondary N) is 1. The number of oxime groups is 1. The molecule has 1 heterocycles. The maximum atomic E-state index is 12.0. The molecule has 0 spiro atoms. The molecule has 2 atom stereocenters. The molecule has 0 unspecified atom stereocenters. The van der Waals surface area contributed by atoms with Crippen molar-refractivity contribution < 1.29 is 13.8 Å². The van der Waals surface area contributed by atoms with Crippen LogP contribution in [-0.4, -0.2) is 32.9 Å². The Hall–Kier alpha value is -1.69. The van der Waals surface area contributed by atoms with Crippen LogP contribution in [0.2, 0.25) is 0 Å². The quantitative estimate of drug-likeness (QED) is 0.903. The molecule has 1 aromatic carbocycles. The Morgan fingerprint density at radius 1 is 1.36 bits per heavy atom. The van der Waals surface area contributed by atoms with E-state index in [1.807, 2.05) is 51.1 Å². The van der Waals surface area contributed by atoms with E-state index in [9.17, 15) is 9.00 Å². The van der Waals surface area contributed by atoms with Crippen LogP contribution in [0.25, 0.3) is 0 Å². The first-order valence-electron chi connectivity index (χ1n) is 7.32. The number of carbonyl (C=O) groups is 1. The molecule has 0 saturated carbocycles. The van der Waals surface area contributed by atoms with Crippen LogP contribution in [0.4, 0.5) is 0 Å². The van der Waals surface area contributed by atoms with Gasteiger partial charge in [-0.2, -0.15) is 0 Å². The van der Waals surface area contributed by atoms with Gasteiger partial charge in [0.15, 0.2) is 6.10 Å². The number of carbonyl (C=O) groups excluding carboxylic acids is 1. The highest BCUT2D eigenvalue weighted by Gasteiger charge is 2.27. The molecule has 0 saturated heterocycles. The van der Waals surface area contributed by atoms with Crippen molar-refractivity contribution in [2.45, 2.75) is 38.0 Å². The Kier molecular flexibility index (Phi) is 5.34. The van der Waals surface area contributed by atoms with Crippen molar-refractivity contribution in [2.24, 2.45) is 5.16 Å². The lowest BCUT2D eigenvalue weighted by molar-refractivity contribution is -0.114. The summed E-state index contributed by atoms with van der Waals surface area (Å²) < 4.78 is 11.6. The summed E-state index contributed by atoms with van der Waals surface area (Å²) in [6, 6.07) is 9.69. The number of benzene rings is 1. The molecule has 1 amide bonds. The highest BCUT2D eigenvalue weighted by molar-refractivity contribution is 7.86. The molecule has 2 rings (SSSR count). The van der Waals surface area contributed by atoms with Crippen LogP contribution in [-0.2, 0) is 20.4 Å². The zero-order valence-electron chi connectivity index (χ0n) is 13.2. The van der Waals surface area contributed by atoms with Crippen molar-refractivity contribution in [3.63, 3.8) is 0 Å². The third-order valence-electron chi connectivity index (χ3n) is 3.36. The normalized spacial score (nSPS) is 19.2. The van der Waals surface area contributed by atoms with E-state index in [0.29, 0.717) is 24.4 Å². The monoisotopic (exact) mass is 322 g/mol. The van der Waals surface area contributed by atoms with Crippen LogP contribution < -0.4 is 5.32 Å². The van der Waals surface area contributed by atoms with Crippen molar-refractivity contribution in [2.75, 3.05) is 12.3 Å². The molecule has 1 N–H and O–H groups in total. The number of amides is 1. The van der Waals surface area contributed by atoms with Gasteiger partial charge < -0.3 is 10.2 Å². The van der Waals surface area contributed by atoms with Gasteiger partial charge in [-0.25, -0.2) is 0 Å². The number of nitrogens with zero attached hydrogens (tertiary/aromatic N) is 1. The SMILES string of the molecule is CC(C)(C)[S@@](=O)CCNC(=O)C1=NO[C@@H](c2ccccc2)C1. The van der Waals surface area contributed by atoms with Crippen LogP contribution >= 0.6 is 0 Å².